The molecule has 0 radical (unpaired) electrons. The van der Waals surface area contributed by atoms with Gasteiger partial charge in [-0.15, -0.1) is 5.76 Å². The summed E-state index contributed by atoms with van der Waals surface area (Å²) in [6.45, 7) is 5.80. The van der Waals surface area contributed by atoms with Crippen molar-refractivity contribution in [1.29, 1.82) is 0 Å². The zero-order valence-electron chi connectivity index (χ0n) is 14.2. The van der Waals surface area contributed by atoms with Crippen LogP contribution in [0.15, 0.2) is 66.0 Å². The summed E-state index contributed by atoms with van der Waals surface area (Å²) in [6.07, 6.45) is 10.1. The van der Waals surface area contributed by atoms with Crippen molar-refractivity contribution in [2.75, 3.05) is 0 Å². The predicted molar refractivity (Wildman–Crippen MR) is 90.3 cm³/mol. The van der Waals surface area contributed by atoms with Gasteiger partial charge >= 0.3 is 17.1 Å². The van der Waals surface area contributed by atoms with Gasteiger partial charge < -0.3 is 5.11 Å². The third-order valence-corrected chi connectivity index (χ3v) is 3.43. The van der Waals surface area contributed by atoms with Crippen LogP contribution in [0.25, 0.3) is 0 Å². The first kappa shape index (κ1) is 21.6. The molecule has 2 nitrogen and oxygen atoms in total. The first-order chi connectivity index (χ1) is 10.4. The zero-order chi connectivity index (χ0) is 16.4. The van der Waals surface area contributed by atoms with Crippen molar-refractivity contribution < 1.29 is 27.0 Å². The Bertz CT molecular complexity index is 497. The molecule has 0 saturated carbocycles. The van der Waals surface area contributed by atoms with Crippen LogP contribution >= 0.6 is 0 Å². The van der Waals surface area contributed by atoms with E-state index in [2.05, 4.69) is 0 Å². The molecule has 0 saturated heterocycles. The van der Waals surface area contributed by atoms with Crippen LogP contribution in [0.4, 0.5) is 0 Å². The molecule has 1 aromatic rings. The largest absolute Gasteiger partial charge is 2.00 e. The number of ketones is 1. The Hall–Kier alpha value is -1.44. The number of unbranched alkanes of at least 4 members (excludes halogenated alkanes) is 1. The van der Waals surface area contributed by atoms with Crippen LogP contribution < -0.4 is 5.11 Å². The number of hydrogen-bond acceptors (Lipinski definition) is 2. The number of carbonyl (C=O) groups is 1. The second-order valence-electron chi connectivity index (χ2n) is 6.44. The van der Waals surface area contributed by atoms with Crippen LogP contribution in [-0.2, 0) is 21.9 Å². The molecule has 0 spiro atoms. The Morgan fingerprint density at radius 3 is 2.00 bits per heavy atom. The number of allylic oxidation sites excluding steroid dienone is 6. The molecule has 1 aliphatic rings. The Balaban J connectivity index is 0.000000684. The summed E-state index contributed by atoms with van der Waals surface area (Å²) in [5, 5.41) is 11.7. The van der Waals surface area contributed by atoms with E-state index in [-0.39, 0.29) is 34.0 Å². The molecule has 2 rings (SSSR count). The fourth-order valence-electron chi connectivity index (χ4n) is 1.97. The molecule has 126 valence electrons. The van der Waals surface area contributed by atoms with Gasteiger partial charge in [-0.2, -0.15) is 18.2 Å². The molecule has 0 atom stereocenters. The summed E-state index contributed by atoms with van der Waals surface area (Å²) in [5.41, 5.74) is 0.530. The van der Waals surface area contributed by atoms with E-state index in [0.29, 0.717) is 12.8 Å². The van der Waals surface area contributed by atoms with Gasteiger partial charge in [0.05, 0.1) is 0 Å². The molecular formula is C20H26FeO2. The molecule has 1 aromatic carbocycles. The van der Waals surface area contributed by atoms with Crippen LogP contribution in [0.5, 0.6) is 0 Å². The molecule has 0 amide bonds. The second-order valence-corrected chi connectivity index (χ2v) is 6.44. The van der Waals surface area contributed by atoms with E-state index < -0.39 is 0 Å². The number of hydrogen-bond donors (Lipinski definition) is 0. The van der Waals surface area contributed by atoms with Gasteiger partial charge in [0.1, 0.15) is 5.78 Å². The van der Waals surface area contributed by atoms with Crippen molar-refractivity contribution >= 4 is 5.78 Å². The van der Waals surface area contributed by atoms with Crippen molar-refractivity contribution in [2.24, 2.45) is 5.41 Å². The van der Waals surface area contributed by atoms with E-state index in [4.69, 9.17) is 0 Å². The third kappa shape index (κ3) is 9.32. The van der Waals surface area contributed by atoms with E-state index in [1.165, 1.54) is 0 Å². The summed E-state index contributed by atoms with van der Waals surface area (Å²) in [7, 11) is 0. The van der Waals surface area contributed by atoms with Gasteiger partial charge in [-0.1, -0.05) is 45.1 Å². The van der Waals surface area contributed by atoms with E-state index in [1.54, 1.807) is 0 Å². The van der Waals surface area contributed by atoms with Gasteiger partial charge in [-0.05, 0) is 24.8 Å². The third-order valence-electron chi connectivity index (χ3n) is 3.43. The maximum atomic E-state index is 11.7. The first-order valence-corrected chi connectivity index (χ1v) is 7.86. The van der Waals surface area contributed by atoms with Crippen molar-refractivity contribution in [3.8, 4) is 0 Å². The van der Waals surface area contributed by atoms with E-state index in [1.807, 2.05) is 75.4 Å². The molecule has 0 aliphatic heterocycles. The smallest absolute Gasteiger partial charge is 0.875 e. The van der Waals surface area contributed by atoms with E-state index in [0.717, 1.165) is 18.4 Å². The average Bonchev–Trinajstić information content (AvgIpc) is 3.17. The van der Waals surface area contributed by atoms with E-state index >= 15 is 0 Å². The average molecular weight is 354 g/mol. The fraction of sp³-hybridized carbons (Fsp3) is 0.400. The summed E-state index contributed by atoms with van der Waals surface area (Å²) in [6, 6.07) is 10.0. The van der Waals surface area contributed by atoms with Crippen molar-refractivity contribution in [1.82, 2.24) is 0 Å². The molecule has 1 aliphatic carbocycles. The van der Waals surface area contributed by atoms with Crippen LogP contribution in [0.2, 0.25) is 0 Å². The van der Waals surface area contributed by atoms with Gasteiger partial charge in [-0.25, -0.2) is 12.1 Å². The monoisotopic (exact) mass is 354 g/mol. The SMILES string of the molecule is CC(C)(C)C(=O)CCCCC([O-])=C1C=CC=C1.[Fe+2].c1cc[cH-]c1. The molecule has 3 heteroatoms. The predicted octanol–water partition coefficient (Wildman–Crippen LogP) is 4.31. The summed E-state index contributed by atoms with van der Waals surface area (Å²) in [5.74, 6) is 0.455. The molecular weight excluding hydrogens is 328 g/mol. The zero-order valence-corrected chi connectivity index (χ0v) is 15.3. The Kier molecular flexibility index (Phi) is 10.5. The van der Waals surface area contributed by atoms with Crippen molar-refractivity contribution in [3.05, 3.63) is 66.0 Å². The van der Waals surface area contributed by atoms with Gasteiger partial charge in [0.25, 0.3) is 0 Å². The van der Waals surface area contributed by atoms with Gasteiger partial charge in [-0.3, -0.25) is 4.79 Å². The molecule has 0 N–H and O–H groups in total. The van der Waals surface area contributed by atoms with Gasteiger partial charge in [0.15, 0.2) is 0 Å². The maximum Gasteiger partial charge on any atom is 2.00 e. The minimum Gasteiger partial charge on any atom is -0.875 e. The summed E-state index contributed by atoms with van der Waals surface area (Å²) >= 11 is 0. The Morgan fingerprint density at radius 1 is 1.04 bits per heavy atom. The normalized spacial score (nSPS) is 12.4. The van der Waals surface area contributed by atoms with Crippen LogP contribution in [-0.4, -0.2) is 5.78 Å². The molecule has 0 bridgehead atoms. The minimum absolute atomic E-state index is 0. The topological polar surface area (TPSA) is 40.1 Å². The standard InChI is InChI=1S/C15H22O2.C5H5.Fe/c1-15(2,3)14(17)11-7-6-10-13(16)12-8-4-5-9-12;1-2-4-5-3-1;/h4-5,8-9,16H,6-7,10-11H2,1-3H3;1-5H;/q;-1;+2/p-1. The summed E-state index contributed by atoms with van der Waals surface area (Å²) < 4.78 is 0. The number of Topliss-reactive ketones (excluding diaryl/α,β-unsaturated/α-hetero) is 1. The fourth-order valence-corrected chi connectivity index (χ4v) is 1.97. The van der Waals surface area contributed by atoms with Gasteiger partial charge in [0.2, 0.25) is 0 Å². The molecule has 0 fully saturated rings. The molecule has 23 heavy (non-hydrogen) atoms. The van der Waals surface area contributed by atoms with Gasteiger partial charge in [0, 0.05) is 11.8 Å². The van der Waals surface area contributed by atoms with Crippen LogP contribution in [0.1, 0.15) is 46.5 Å². The number of carbonyl (C=O) groups excluding carboxylic acids is 1. The molecule has 0 unspecified atom stereocenters. The van der Waals surface area contributed by atoms with Crippen molar-refractivity contribution in [3.63, 3.8) is 0 Å². The van der Waals surface area contributed by atoms with Crippen molar-refractivity contribution in [2.45, 2.75) is 46.5 Å². The minimum atomic E-state index is -0.254. The molecule has 0 heterocycles. The molecule has 0 aromatic heterocycles. The van der Waals surface area contributed by atoms with E-state index in [9.17, 15) is 9.90 Å². The quantitative estimate of drug-likeness (QED) is 0.342. The Labute approximate surface area is 150 Å². The van der Waals surface area contributed by atoms with Crippen LogP contribution in [0.3, 0.4) is 0 Å². The Morgan fingerprint density at radius 2 is 1.57 bits per heavy atom. The number of rotatable bonds is 5. The second kappa shape index (κ2) is 11.2. The maximum absolute atomic E-state index is 11.7. The summed E-state index contributed by atoms with van der Waals surface area (Å²) in [4.78, 5) is 11.7. The van der Waals surface area contributed by atoms with Crippen LogP contribution in [0, 0.1) is 5.41 Å². The first-order valence-electron chi connectivity index (χ1n) is 7.86.